The molecule has 0 unspecified atom stereocenters. The first-order valence-corrected chi connectivity index (χ1v) is 3.89. The van der Waals surface area contributed by atoms with Crippen molar-refractivity contribution in [3.8, 4) is 0 Å². The van der Waals surface area contributed by atoms with Crippen LogP contribution in [0.1, 0.15) is 5.56 Å². The predicted octanol–water partition coefficient (Wildman–Crippen LogP) is 2.41. The average molecular weight is 218 g/mol. The minimum atomic E-state index is -4.45. The number of para-hydroxylation sites is 1. The van der Waals surface area contributed by atoms with Gasteiger partial charge in [0.2, 0.25) is 6.73 Å². The Morgan fingerprint density at radius 3 is 2.53 bits per heavy atom. The van der Waals surface area contributed by atoms with E-state index in [-0.39, 0.29) is 12.2 Å². The van der Waals surface area contributed by atoms with Gasteiger partial charge in [0.15, 0.2) is 0 Å². The predicted molar refractivity (Wildman–Crippen MR) is 46.5 cm³/mol. The Hall–Kier alpha value is -1.72. The van der Waals surface area contributed by atoms with Crippen molar-refractivity contribution in [3.63, 3.8) is 0 Å². The summed E-state index contributed by atoms with van der Waals surface area (Å²) in [7, 11) is 0. The van der Waals surface area contributed by atoms with Gasteiger partial charge in [-0.2, -0.15) is 13.2 Å². The molecule has 6 heteroatoms. The summed E-state index contributed by atoms with van der Waals surface area (Å²) < 4.78 is 41.3. The van der Waals surface area contributed by atoms with Crippen LogP contribution in [0, 0.1) is 6.73 Å². The van der Waals surface area contributed by atoms with Gasteiger partial charge in [-0.05, 0) is 12.1 Å². The second-order valence-corrected chi connectivity index (χ2v) is 2.54. The third kappa shape index (κ3) is 3.16. The van der Waals surface area contributed by atoms with Crippen LogP contribution in [-0.4, -0.2) is 6.47 Å². The standard InChI is InChI=1S/C9H7F3NO2/c10-9(11,12)7-3-1-2-4-8(7)13-5-15-6-14/h1-6,13H. The summed E-state index contributed by atoms with van der Waals surface area (Å²) >= 11 is 0. The molecule has 3 nitrogen and oxygen atoms in total. The molecule has 0 saturated carbocycles. The maximum atomic E-state index is 12.4. The molecular formula is C9H7F3NO2. The van der Waals surface area contributed by atoms with Crippen LogP contribution in [0.5, 0.6) is 0 Å². The van der Waals surface area contributed by atoms with Crippen molar-refractivity contribution in [1.29, 1.82) is 0 Å². The van der Waals surface area contributed by atoms with Gasteiger partial charge in [-0.25, -0.2) is 0 Å². The summed E-state index contributed by atoms with van der Waals surface area (Å²) in [5.41, 5.74) is -0.998. The molecule has 1 N–H and O–H groups in total. The van der Waals surface area contributed by atoms with Gasteiger partial charge in [-0.15, -0.1) is 0 Å². The fourth-order valence-electron chi connectivity index (χ4n) is 0.981. The highest BCUT2D eigenvalue weighted by Crippen LogP contribution is 2.34. The van der Waals surface area contributed by atoms with Crippen molar-refractivity contribution in [2.45, 2.75) is 6.18 Å². The van der Waals surface area contributed by atoms with E-state index in [0.717, 1.165) is 12.8 Å². The van der Waals surface area contributed by atoms with Gasteiger partial charge in [-0.3, -0.25) is 4.79 Å². The maximum Gasteiger partial charge on any atom is 0.418 e. The Balaban J connectivity index is 2.82. The molecule has 15 heavy (non-hydrogen) atoms. The van der Waals surface area contributed by atoms with Gasteiger partial charge in [0.1, 0.15) is 0 Å². The molecule has 0 fully saturated rings. The van der Waals surface area contributed by atoms with Crippen molar-refractivity contribution in [1.82, 2.24) is 0 Å². The summed E-state index contributed by atoms with van der Waals surface area (Å²) in [5.74, 6) is 0. The third-order valence-corrected chi connectivity index (χ3v) is 1.57. The summed E-state index contributed by atoms with van der Waals surface area (Å²) in [6.07, 6.45) is -4.45. The second kappa shape index (κ2) is 4.68. The zero-order chi connectivity index (χ0) is 11.3. The lowest BCUT2D eigenvalue weighted by Crippen LogP contribution is -2.10. The van der Waals surface area contributed by atoms with Gasteiger partial charge < -0.3 is 10.1 Å². The summed E-state index contributed by atoms with van der Waals surface area (Å²) in [5, 5.41) is 2.22. The lowest BCUT2D eigenvalue weighted by Gasteiger charge is -2.12. The van der Waals surface area contributed by atoms with E-state index in [1.165, 1.54) is 18.2 Å². The van der Waals surface area contributed by atoms with Gasteiger partial charge in [0.05, 0.1) is 5.56 Å². The molecule has 0 heterocycles. The summed E-state index contributed by atoms with van der Waals surface area (Å²) in [4.78, 5) is 9.76. The van der Waals surface area contributed by atoms with Gasteiger partial charge in [0, 0.05) is 5.69 Å². The van der Waals surface area contributed by atoms with Crippen LogP contribution in [0.2, 0.25) is 0 Å². The topological polar surface area (TPSA) is 38.3 Å². The van der Waals surface area contributed by atoms with E-state index < -0.39 is 11.7 Å². The first-order valence-electron chi connectivity index (χ1n) is 3.89. The number of hydrogen-bond donors (Lipinski definition) is 1. The summed E-state index contributed by atoms with van der Waals surface area (Å²) in [6.45, 7) is 0.876. The molecule has 0 aromatic heterocycles. The number of rotatable bonds is 4. The minimum Gasteiger partial charge on any atom is -0.438 e. The number of ether oxygens (including phenoxy) is 1. The smallest absolute Gasteiger partial charge is 0.418 e. The first kappa shape index (κ1) is 11.4. The summed E-state index contributed by atoms with van der Waals surface area (Å²) in [6, 6.07) is 4.87. The Kier molecular flexibility index (Phi) is 3.54. The van der Waals surface area contributed by atoms with Crippen molar-refractivity contribution in [3.05, 3.63) is 36.6 Å². The number of benzene rings is 1. The number of alkyl halides is 3. The molecule has 1 radical (unpaired) electrons. The third-order valence-electron chi connectivity index (χ3n) is 1.57. The van der Waals surface area contributed by atoms with E-state index in [9.17, 15) is 18.0 Å². The molecule has 0 aliphatic carbocycles. The molecule has 0 amide bonds. The van der Waals surface area contributed by atoms with Crippen LogP contribution in [0.15, 0.2) is 24.3 Å². The van der Waals surface area contributed by atoms with Gasteiger partial charge >= 0.3 is 6.18 Å². The van der Waals surface area contributed by atoms with Gasteiger partial charge in [0.25, 0.3) is 6.47 Å². The average Bonchev–Trinajstić information content (AvgIpc) is 2.17. The van der Waals surface area contributed by atoms with E-state index >= 15 is 0 Å². The van der Waals surface area contributed by atoms with Crippen LogP contribution < -0.4 is 5.32 Å². The van der Waals surface area contributed by atoms with Crippen LogP contribution in [-0.2, 0) is 15.7 Å². The number of halogens is 3. The molecule has 81 valence electrons. The van der Waals surface area contributed by atoms with Crippen molar-refractivity contribution < 1.29 is 22.7 Å². The fourth-order valence-corrected chi connectivity index (χ4v) is 0.981. The van der Waals surface area contributed by atoms with Crippen LogP contribution >= 0.6 is 0 Å². The van der Waals surface area contributed by atoms with Crippen LogP contribution in [0.3, 0.4) is 0 Å². The Morgan fingerprint density at radius 2 is 1.93 bits per heavy atom. The van der Waals surface area contributed by atoms with Crippen molar-refractivity contribution >= 4 is 12.2 Å². The lowest BCUT2D eigenvalue weighted by molar-refractivity contribution is -0.136. The quantitative estimate of drug-likeness (QED) is 0.623. The van der Waals surface area contributed by atoms with Crippen LogP contribution in [0.25, 0.3) is 0 Å². The molecule has 0 bridgehead atoms. The number of carbonyl (C=O) groups excluding carboxylic acids is 1. The molecular weight excluding hydrogens is 211 g/mol. The highest BCUT2D eigenvalue weighted by Gasteiger charge is 2.33. The highest BCUT2D eigenvalue weighted by molar-refractivity contribution is 5.53. The zero-order valence-electron chi connectivity index (χ0n) is 7.41. The lowest BCUT2D eigenvalue weighted by atomic mass is 10.2. The number of anilines is 1. The normalized spacial score (nSPS) is 10.9. The first-order chi connectivity index (χ1) is 7.05. The van der Waals surface area contributed by atoms with Crippen molar-refractivity contribution in [2.24, 2.45) is 0 Å². The SMILES string of the molecule is O=CO[CH]Nc1ccccc1C(F)(F)F. The molecule has 1 aromatic rings. The van der Waals surface area contributed by atoms with Crippen LogP contribution in [0.4, 0.5) is 18.9 Å². The fraction of sp³-hybridized carbons (Fsp3) is 0.111. The Bertz CT molecular complexity index is 338. The largest absolute Gasteiger partial charge is 0.438 e. The monoisotopic (exact) mass is 218 g/mol. The molecule has 0 spiro atoms. The van der Waals surface area contributed by atoms with E-state index in [2.05, 4.69) is 10.1 Å². The molecule has 1 rings (SSSR count). The number of hydrogen-bond acceptors (Lipinski definition) is 3. The number of carbonyl (C=O) groups is 1. The molecule has 0 atom stereocenters. The maximum absolute atomic E-state index is 12.4. The van der Waals surface area contributed by atoms with E-state index in [0.29, 0.717) is 0 Å². The molecule has 0 aliphatic heterocycles. The van der Waals surface area contributed by atoms with Crippen molar-refractivity contribution in [2.75, 3.05) is 5.32 Å². The minimum absolute atomic E-state index is 0.100. The zero-order valence-corrected chi connectivity index (χ0v) is 7.41. The Morgan fingerprint density at radius 1 is 1.27 bits per heavy atom. The molecule has 0 aliphatic rings. The molecule has 0 saturated heterocycles. The highest BCUT2D eigenvalue weighted by atomic mass is 19.4. The van der Waals surface area contributed by atoms with E-state index in [1.54, 1.807) is 0 Å². The van der Waals surface area contributed by atoms with E-state index in [4.69, 9.17) is 0 Å². The van der Waals surface area contributed by atoms with E-state index in [1.807, 2.05) is 0 Å². The molecule has 1 aromatic carbocycles. The second-order valence-electron chi connectivity index (χ2n) is 2.54. The Labute approximate surface area is 83.8 Å². The van der Waals surface area contributed by atoms with Gasteiger partial charge in [-0.1, -0.05) is 12.1 Å². The number of nitrogens with one attached hydrogen (secondary N) is 1.